The van der Waals surface area contributed by atoms with E-state index in [1.165, 1.54) is 4.90 Å². The van der Waals surface area contributed by atoms with Crippen molar-refractivity contribution in [1.29, 1.82) is 0 Å². The molecular formula is C13H14F3NO. The molecule has 0 saturated carbocycles. The summed E-state index contributed by atoms with van der Waals surface area (Å²) in [6.45, 7) is 3.87. The second kappa shape index (κ2) is 4.63. The molecule has 1 aromatic rings. The van der Waals surface area contributed by atoms with E-state index >= 15 is 0 Å². The van der Waals surface area contributed by atoms with Crippen LogP contribution in [0.15, 0.2) is 12.1 Å². The van der Waals surface area contributed by atoms with Crippen LogP contribution in [0.3, 0.4) is 0 Å². The van der Waals surface area contributed by atoms with Crippen molar-refractivity contribution in [1.82, 2.24) is 0 Å². The van der Waals surface area contributed by atoms with Crippen LogP contribution in [0.1, 0.15) is 26.7 Å². The molecule has 1 atom stereocenters. The van der Waals surface area contributed by atoms with E-state index in [2.05, 4.69) is 0 Å². The zero-order chi connectivity index (χ0) is 13.4. The fourth-order valence-electron chi connectivity index (χ4n) is 2.35. The maximum Gasteiger partial charge on any atom is 0.227 e. The predicted molar refractivity (Wildman–Crippen MR) is 61.7 cm³/mol. The van der Waals surface area contributed by atoms with Crippen LogP contribution in [0.5, 0.6) is 0 Å². The number of anilines is 1. The largest absolute Gasteiger partial charge is 0.309 e. The molecule has 2 nitrogen and oxygen atoms in total. The lowest BCUT2D eigenvalue weighted by molar-refractivity contribution is -0.117. The molecule has 18 heavy (non-hydrogen) atoms. The Bertz CT molecular complexity index is 464. The molecule has 0 N–H and O–H groups in total. The monoisotopic (exact) mass is 257 g/mol. The van der Waals surface area contributed by atoms with Gasteiger partial charge in [-0.2, -0.15) is 0 Å². The maximum atomic E-state index is 13.2. The molecule has 5 heteroatoms. The predicted octanol–water partition coefficient (Wildman–Crippen LogP) is 3.26. The molecule has 1 heterocycles. The molecule has 1 unspecified atom stereocenters. The van der Waals surface area contributed by atoms with Gasteiger partial charge in [0.1, 0.15) is 0 Å². The van der Waals surface area contributed by atoms with Crippen LogP contribution in [0, 0.1) is 23.4 Å². The molecule has 1 amide bonds. The van der Waals surface area contributed by atoms with Crippen molar-refractivity contribution in [3.8, 4) is 0 Å². The average Bonchev–Trinajstić information content (AvgIpc) is 2.67. The molecule has 98 valence electrons. The number of carbonyl (C=O) groups excluding carboxylic acids is 1. The Balaban J connectivity index is 2.43. The van der Waals surface area contributed by atoms with E-state index < -0.39 is 17.5 Å². The third-order valence-electron chi connectivity index (χ3n) is 3.27. The molecular weight excluding hydrogens is 243 g/mol. The Kier molecular flexibility index (Phi) is 3.32. The van der Waals surface area contributed by atoms with Gasteiger partial charge in [0.2, 0.25) is 5.91 Å². The van der Waals surface area contributed by atoms with Gasteiger partial charge in [0.15, 0.2) is 17.5 Å². The average molecular weight is 257 g/mol. The number of amides is 1. The molecule has 0 bridgehead atoms. The van der Waals surface area contributed by atoms with Crippen LogP contribution < -0.4 is 4.90 Å². The summed E-state index contributed by atoms with van der Waals surface area (Å²) in [5.41, 5.74) is 0.0904. The Morgan fingerprint density at radius 3 is 2.28 bits per heavy atom. The highest BCUT2D eigenvalue weighted by molar-refractivity contribution is 5.96. The number of hydrogen-bond donors (Lipinski definition) is 0. The van der Waals surface area contributed by atoms with Gasteiger partial charge in [-0.15, -0.1) is 0 Å². The third kappa shape index (κ3) is 2.09. The Labute approximate surface area is 103 Å². The molecule has 0 aliphatic carbocycles. The van der Waals surface area contributed by atoms with Gasteiger partial charge in [0.05, 0.1) is 0 Å². The van der Waals surface area contributed by atoms with Crippen molar-refractivity contribution in [2.45, 2.75) is 32.7 Å². The first kappa shape index (κ1) is 12.9. The number of hydrogen-bond acceptors (Lipinski definition) is 1. The highest BCUT2D eigenvalue weighted by Gasteiger charge is 2.34. The first-order chi connectivity index (χ1) is 8.41. The molecule has 0 spiro atoms. The molecule has 0 radical (unpaired) electrons. The van der Waals surface area contributed by atoms with E-state index in [4.69, 9.17) is 0 Å². The van der Waals surface area contributed by atoms with Gasteiger partial charge in [0, 0.05) is 30.3 Å². The van der Waals surface area contributed by atoms with Crippen LogP contribution in [-0.2, 0) is 4.79 Å². The van der Waals surface area contributed by atoms with Crippen LogP contribution in [0.25, 0.3) is 0 Å². The Morgan fingerprint density at radius 2 is 1.78 bits per heavy atom. The maximum absolute atomic E-state index is 13.2. The Morgan fingerprint density at radius 1 is 1.22 bits per heavy atom. The van der Waals surface area contributed by atoms with Crippen LogP contribution in [-0.4, -0.2) is 11.9 Å². The smallest absolute Gasteiger partial charge is 0.227 e. The quantitative estimate of drug-likeness (QED) is 0.745. The molecule has 2 rings (SSSR count). The van der Waals surface area contributed by atoms with Crippen molar-refractivity contribution >= 4 is 11.6 Å². The van der Waals surface area contributed by atoms with Gasteiger partial charge in [-0.3, -0.25) is 4.79 Å². The van der Waals surface area contributed by atoms with E-state index in [9.17, 15) is 18.0 Å². The first-order valence-electron chi connectivity index (χ1n) is 5.88. The topological polar surface area (TPSA) is 20.3 Å². The number of halogens is 3. The number of rotatable bonds is 2. The van der Waals surface area contributed by atoms with Crippen molar-refractivity contribution in [2.75, 3.05) is 4.90 Å². The van der Waals surface area contributed by atoms with Gasteiger partial charge in [-0.1, -0.05) is 13.8 Å². The van der Waals surface area contributed by atoms with Crippen molar-refractivity contribution in [3.63, 3.8) is 0 Å². The highest BCUT2D eigenvalue weighted by atomic mass is 19.2. The molecule has 1 fully saturated rings. The van der Waals surface area contributed by atoms with Gasteiger partial charge >= 0.3 is 0 Å². The fraction of sp³-hybridized carbons (Fsp3) is 0.462. The minimum Gasteiger partial charge on any atom is -0.309 e. The normalized spacial score (nSPS) is 20.0. The van der Waals surface area contributed by atoms with E-state index in [0.29, 0.717) is 12.8 Å². The minimum atomic E-state index is -1.51. The lowest BCUT2D eigenvalue weighted by atomic mass is 10.0. The summed E-state index contributed by atoms with van der Waals surface area (Å²) in [5.74, 6) is -4.06. The third-order valence-corrected chi connectivity index (χ3v) is 3.27. The molecule has 1 aromatic carbocycles. The molecule has 0 aromatic heterocycles. The summed E-state index contributed by atoms with van der Waals surface area (Å²) >= 11 is 0. The standard InChI is InChI=1S/C13H14F3NO/c1-7(2)11-3-4-12(18)17(11)8-5-9(14)13(16)10(15)6-8/h5-7,11H,3-4H2,1-2H3. The summed E-state index contributed by atoms with van der Waals surface area (Å²) in [7, 11) is 0. The number of carbonyl (C=O) groups is 1. The second-order valence-corrected chi connectivity index (χ2v) is 4.84. The number of benzene rings is 1. The van der Waals surface area contributed by atoms with Crippen LogP contribution in [0.2, 0.25) is 0 Å². The molecule has 1 aliphatic heterocycles. The summed E-state index contributed by atoms with van der Waals surface area (Å²) in [5, 5.41) is 0. The lowest BCUT2D eigenvalue weighted by Gasteiger charge is -2.28. The van der Waals surface area contributed by atoms with E-state index in [-0.39, 0.29) is 23.6 Å². The van der Waals surface area contributed by atoms with E-state index in [0.717, 1.165) is 12.1 Å². The summed E-state index contributed by atoms with van der Waals surface area (Å²) in [4.78, 5) is 13.2. The van der Waals surface area contributed by atoms with Crippen LogP contribution in [0.4, 0.5) is 18.9 Å². The molecule has 1 aliphatic rings. The number of nitrogens with zero attached hydrogens (tertiary/aromatic N) is 1. The lowest BCUT2D eigenvalue weighted by Crippen LogP contribution is -2.36. The van der Waals surface area contributed by atoms with Gasteiger partial charge in [-0.05, 0) is 12.3 Å². The Hall–Kier alpha value is -1.52. The van der Waals surface area contributed by atoms with Gasteiger partial charge < -0.3 is 4.90 Å². The molecule has 1 saturated heterocycles. The minimum absolute atomic E-state index is 0.0904. The second-order valence-electron chi connectivity index (χ2n) is 4.84. The summed E-state index contributed by atoms with van der Waals surface area (Å²) < 4.78 is 39.3. The van der Waals surface area contributed by atoms with Gasteiger partial charge in [-0.25, -0.2) is 13.2 Å². The van der Waals surface area contributed by atoms with E-state index in [1.54, 1.807) is 0 Å². The highest BCUT2D eigenvalue weighted by Crippen LogP contribution is 2.32. The summed E-state index contributed by atoms with van der Waals surface area (Å²) in [6, 6.07) is 1.65. The zero-order valence-corrected chi connectivity index (χ0v) is 10.2. The fourth-order valence-corrected chi connectivity index (χ4v) is 2.35. The SMILES string of the molecule is CC(C)C1CCC(=O)N1c1cc(F)c(F)c(F)c1. The van der Waals surface area contributed by atoms with Crippen molar-refractivity contribution in [2.24, 2.45) is 5.92 Å². The first-order valence-corrected chi connectivity index (χ1v) is 5.88. The van der Waals surface area contributed by atoms with Crippen molar-refractivity contribution < 1.29 is 18.0 Å². The van der Waals surface area contributed by atoms with E-state index in [1.807, 2.05) is 13.8 Å². The summed E-state index contributed by atoms with van der Waals surface area (Å²) in [6.07, 6.45) is 1.00. The zero-order valence-electron chi connectivity index (χ0n) is 10.2. The van der Waals surface area contributed by atoms with Crippen LogP contribution >= 0.6 is 0 Å². The van der Waals surface area contributed by atoms with Gasteiger partial charge in [0.25, 0.3) is 0 Å². The van der Waals surface area contributed by atoms with Crippen molar-refractivity contribution in [3.05, 3.63) is 29.6 Å².